The average Bonchev–Trinajstić information content (AvgIpc) is 2.32. The third-order valence-electron chi connectivity index (χ3n) is 2.78. The van der Waals surface area contributed by atoms with Crippen LogP contribution in [0.2, 0.25) is 0 Å². The summed E-state index contributed by atoms with van der Waals surface area (Å²) in [7, 11) is 5.08. The summed E-state index contributed by atoms with van der Waals surface area (Å²) in [5.74, 6) is 0.348. The van der Waals surface area contributed by atoms with Crippen molar-refractivity contribution in [2.45, 2.75) is 25.8 Å². The predicted octanol–water partition coefficient (Wildman–Crippen LogP) is 0.535. The highest BCUT2D eigenvalue weighted by Gasteiger charge is 2.16. The topological polar surface area (TPSA) is 60.1 Å². The summed E-state index contributed by atoms with van der Waals surface area (Å²) in [5.41, 5.74) is -0.891. The number of hydrogen-bond acceptors (Lipinski definition) is 4. The Morgan fingerprint density at radius 1 is 1.44 bits per heavy atom. The second kappa shape index (κ2) is 5.66. The zero-order valence-electron chi connectivity index (χ0n) is 11.4. The largest absolute Gasteiger partial charge is 0.355 e. The number of rotatable bonds is 5. The molecule has 0 aliphatic rings. The van der Waals surface area contributed by atoms with E-state index < -0.39 is 5.69 Å². The smallest absolute Gasteiger partial charge is 0.348 e. The van der Waals surface area contributed by atoms with E-state index in [1.54, 1.807) is 32.1 Å². The van der Waals surface area contributed by atoms with Gasteiger partial charge in [0.15, 0.2) is 0 Å². The van der Waals surface area contributed by atoms with Crippen molar-refractivity contribution in [3.63, 3.8) is 0 Å². The van der Waals surface area contributed by atoms with Gasteiger partial charge in [-0.05, 0) is 6.42 Å². The molecule has 0 N–H and O–H groups in total. The summed E-state index contributed by atoms with van der Waals surface area (Å²) in [5, 5.41) is 0. The van der Waals surface area contributed by atoms with Gasteiger partial charge in [0.1, 0.15) is 0 Å². The molecule has 0 fully saturated rings. The fourth-order valence-electron chi connectivity index (χ4n) is 1.88. The lowest BCUT2D eigenvalue weighted by Crippen LogP contribution is -2.44. The first-order valence-corrected chi connectivity index (χ1v) is 5.93. The molecule has 0 saturated heterocycles. The van der Waals surface area contributed by atoms with Gasteiger partial charge in [0, 0.05) is 21.1 Å². The van der Waals surface area contributed by atoms with E-state index in [0.29, 0.717) is 12.4 Å². The zero-order valence-corrected chi connectivity index (χ0v) is 11.4. The van der Waals surface area contributed by atoms with Crippen molar-refractivity contribution in [3.8, 4) is 0 Å². The third kappa shape index (κ3) is 2.52. The molecule has 0 aliphatic carbocycles. The molecule has 0 bridgehead atoms. The molecule has 0 spiro atoms. The quantitative estimate of drug-likeness (QED) is 0.717. The molecular formula is C12H20N4O2. The summed E-state index contributed by atoms with van der Waals surface area (Å²) >= 11 is 0. The Kier molecular flexibility index (Phi) is 4.47. The summed E-state index contributed by atoms with van der Waals surface area (Å²) in [6.07, 6.45) is 3.17. The second-order valence-electron chi connectivity index (χ2n) is 4.39. The first kappa shape index (κ1) is 14.2. The van der Waals surface area contributed by atoms with E-state index >= 15 is 0 Å². The summed E-state index contributed by atoms with van der Waals surface area (Å²) < 4.78 is 2.52. The van der Waals surface area contributed by atoms with Gasteiger partial charge in [-0.25, -0.2) is 14.2 Å². The van der Waals surface area contributed by atoms with Crippen LogP contribution in [0.5, 0.6) is 0 Å². The Morgan fingerprint density at radius 2 is 2.06 bits per heavy atom. The van der Waals surface area contributed by atoms with Crippen LogP contribution in [0.4, 0.5) is 5.95 Å². The maximum absolute atomic E-state index is 12.2. The van der Waals surface area contributed by atoms with Crippen molar-refractivity contribution in [2.24, 2.45) is 7.05 Å². The monoisotopic (exact) mass is 252 g/mol. The summed E-state index contributed by atoms with van der Waals surface area (Å²) in [6, 6.07) is -0.301. The van der Waals surface area contributed by atoms with E-state index in [9.17, 15) is 9.59 Å². The highest BCUT2D eigenvalue weighted by Crippen LogP contribution is 2.10. The fourth-order valence-corrected chi connectivity index (χ4v) is 1.88. The van der Waals surface area contributed by atoms with Crippen molar-refractivity contribution in [1.29, 1.82) is 0 Å². The van der Waals surface area contributed by atoms with Gasteiger partial charge in [-0.3, -0.25) is 4.57 Å². The van der Waals surface area contributed by atoms with Crippen molar-refractivity contribution in [3.05, 3.63) is 33.6 Å². The summed E-state index contributed by atoms with van der Waals surface area (Å²) in [4.78, 5) is 29.7. The van der Waals surface area contributed by atoms with E-state index in [4.69, 9.17) is 0 Å². The van der Waals surface area contributed by atoms with Crippen LogP contribution in [0.15, 0.2) is 22.2 Å². The maximum Gasteiger partial charge on any atom is 0.355 e. The molecule has 6 nitrogen and oxygen atoms in total. The maximum atomic E-state index is 12.2. The Morgan fingerprint density at radius 3 is 2.50 bits per heavy atom. The van der Waals surface area contributed by atoms with Gasteiger partial charge >= 0.3 is 11.4 Å². The van der Waals surface area contributed by atoms with Crippen LogP contribution in [-0.4, -0.2) is 28.2 Å². The van der Waals surface area contributed by atoms with Crippen molar-refractivity contribution in [1.82, 2.24) is 14.1 Å². The van der Waals surface area contributed by atoms with Gasteiger partial charge in [-0.2, -0.15) is 4.98 Å². The first-order valence-electron chi connectivity index (χ1n) is 5.93. The van der Waals surface area contributed by atoms with E-state index in [1.807, 2.05) is 6.92 Å². The van der Waals surface area contributed by atoms with Gasteiger partial charge in [-0.1, -0.05) is 19.4 Å². The van der Waals surface area contributed by atoms with Gasteiger partial charge in [-0.15, -0.1) is 6.58 Å². The highest BCUT2D eigenvalue weighted by molar-refractivity contribution is 5.25. The van der Waals surface area contributed by atoms with E-state index in [-0.39, 0.29) is 11.7 Å². The Bertz CT molecular complexity index is 542. The van der Waals surface area contributed by atoms with Crippen LogP contribution < -0.4 is 16.3 Å². The highest BCUT2D eigenvalue weighted by atomic mass is 16.2. The third-order valence-corrected chi connectivity index (χ3v) is 2.78. The molecule has 6 heteroatoms. The van der Waals surface area contributed by atoms with Gasteiger partial charge in [0.2, 0.25) is 5.95 Å². The molecule has 1 rings (SSSR count). The number of nitrogens with zero attached hydrogens (tertiary/aromatic N) is 4. The molecule has 100 valence electrons. The molecule has 0 amide bonds. The molecule has 0 aliphatic heterocycles. The zero-order chi connectivity index (χ0) is 13.9. The predicted molar refractivity (Wildman–Crippen MR) is 72.2 cm³/mol. The van der Waals surface area contributed by atoms with Crippen LogP contribution >= 0.6 is 0 Å². The minimum absolute atomic E-state index is 0.301. The van der Waals surface area contributed by atoms with E-state index in [1.165, 1.54) is 4.57 Å². The molecule has 0 saturated carbocycles. The molecule has 1 aromatic rings. The van der Waals surface area contributed by atoms with Crippen LogP contribution in [0.3, 0.4) is 0 Å². The number of hydrogen-bond donors (Lipinski definition) is 0. The lowest BCUT2D eigenvalue weighted by Gasteiger charge is -2.19. The fraction of sp³-hybridized carbons (Fsp3) is 0.583. The van der Waals surface area contributed by atoms with Gasteiger partial charge in [0.25, 0.3) is 0 Å². The molecule has 0 aromatic carbocycles. The Hall–Kier alpha value is -1.85. The molecule has 0 radical (unpaired) electrons. The minimum atomic E-state index is -0.528. The van der Waals surface area contributed by atoms with Crippen LogP contribution in [0, 0.1) is 0 Å². The van der Waals surface area contributed by atoms with E-state index in [2.05, 4.69) is 11.6 Å². The number of anilines is 1. The van der Waals surface area contributed by atoms with Crippen molar-refractivity contribution >= 4 is 5.95 Å². The Labute approximate surface area is 106 Å². The van der Waals surface area contributed by atoms with Crippen molar-refractivity contribution in [2.75, 3.05) is 19.0 Å². The molecule has 18 heavy (non-hydrogen) atoms. The number of aromatic nitrogens is 3. The van der Waals surface area contributed by atoms with Crippen LogP contribution in [0.1, 0.15) is 25.8 Å². The molecule has 1 atom stereocenters. The Balaban J connectivity index is 3.48. The first-order chi connectivity index (χ1) is 8.43. The summed E-state index contributed by atoms with van der Waals surface area (Å²) in [6.45, 7) is 5.67. The second-order valence-corrected chi connectivity index (χ2v) is 4.39. The lowest BCUT2D eigenvalue weighted by molar-refractivity contribution is 0.478. The molecule has 1 unspecified atom stereocenters. The minimum Gasteiger partial charge on any atom is -0.348 e. The van der Waals surface area contributed by atoms with Crippen LogP contribution in [-0.2, 0) is 7.05 Å². The SMILES string of the molecule is C=CC(CCC)n1c(=O)nc(N(C)C)n(C)c1=O. The lowest BCUT2D eigenvalue weighted by atomic mass is 10.1. The van der Waals surface area contributed by atoms with E-state index in [0.717, 1.165) is 11.0 Å². The molecular weight excluding hydrogens is 232 g/mol. The van der Waals surface area contributed by atoms with Gasteiger partial charge < -0.3 is 4.90 Å². The van der Waals surface area contributed by atoms with Gasteiger partial charge in [0.05, 0.1) is 6.04 Å². The number of allylic oxidation sites excluding steroid dienone is 1. The standard InChI is InChI=1S/C12H20N4O2/c1-6-8-9(7-2)16-11(17)13-10(14(3)4)15(5)12(16)18/h7,9H,2,6,8H2,1,3-5H3. The molecule has 1 heterocycles. The average molecular weight is 252 g/mol. The normalized spacial score (nSPS) is 12.2. The molecule has 1 aromatic heterocycles. The van der Waals surface area contributed by atoms with Crippen molar-refractivity contribution < 1.29 is 0 Å². The van der Waals surface area contributed by atoms with Crippen LogP contribution in [0.25, 0.3) is 0 Å².